The molecule has 0 spiro atoms. The van der Waals surface area contributed by atoms with E-state index in [9.17, 15) is 14.9 Å². The molecular formula is C14H20N4O3. The number of carbonyl (C=O) groups is 1. The quantitative estimate of drug-likeness (QED) is 0.644. The first-order chi connectivity index (χ1) is 9.79. The molecule has 21 heavy (non-hydrogen) atoms. The maximum absolute atomic E-state index is 12.2. The zero-order valence-corrected chi connectivity index (χ0v) is 12.2. The molecule has 2 amide bonds. The van der Waals surface area contributed by atoms with Crippen LogP contribution in [0.2, 0.25) is 0 Å². The summed E-state index contributed by atoms with van der Waals surface area (Å²) in [5, 5.41) is 13.3. The van der Waals surface area contributed by atoms with Crippen molar-refractivity contribution in [2.24, 2.45) is 11.1 Å². The summed E-state index contributed by atoms with van der Waals surface area (Å²) in [5.41, 5.74) is 6.47. The molecule has 1 fully saturated rings. The van der Waals surface area contributed by atoms with Crippen LogP contribution in [0.1, 0.15) is 20.3 Å². The predicted molar refractivity (Wildman–Crippen MR) is 80.1 cm³/mol. The van der Waals surface area contributed by atoms with E-state index < -0.39 is 4.92 Å². The number of urea groups is 1. The van der Waals surface area contributed by atoms with Crippen molar-refractivity contribution in [3.05, 3.63) is 34.4 Å². The van der Waals surface area contributed by atoms with Crippen molar-refractivity contribution in [2.45, 2.75) is 26.3 Å². The topological polar surface area (TPSA) is 102 Å². The highest BCUT2D eigenvalue weighted by atomic mass is 16.6. The minimum Gasteiger partial charge on any atom is -0.327 e. The van der Waals surface area contributed by atoms with Crippen LogP contribution < -0.4 is 11.1 Å². The smallest absolute Gasteiger partial charge is 0.321 e. The molecule has 0 radical (unpaired) electrons. The molecule has 7 heteroatoms. The van der Waals surface area contributed by atoms with Gasteiger partial charge in [-0.2, -0.15) is 0 Å². The molecular weight excluding hydrogens is 272 g/mol. The van der Waals surface area contributed by atoms with Gasteiger partial charge in [-0.05, 0) is 24.0 Å². The van der Waals surface area contributed by atoms with Gasteiger partial charge < -0.3 is 16.0 Å². The Bertz CT molecular complexity index is 542. The second-order valence-corrected chi connectivity index (χ2v) is 6.04. The number of piperidine rings is 1. The van der Waals surface area contributed by atoms with Gasteiger partial charge in [-0.3, -0.25) is 10.1 Å². The Morgan fingerprint density at radius 1 is 1.43 bits per heavy atom. The molecule has 1 heterocycles. The molecule has 1 aliphatic rings. The summed E-state index contributed by atoms with van der Waals surface area (Å²) in [6.45, 7) is 5.29. The molecule has 1 atom stereocenters. The van der Waals surface area contributed by atoms with E-state index in [-0.39, 0.29) is 23.2 Å². The Morgan fingerprint density at radius 3 is 2.57 bits per heavy atom. The number of nitrogens with two attached hydrogens (primary N) is 1. The van der Waals surface area contributed by atoms with Crippen LogP contribution in [0.4, 0.5) is 16.2 Å². The number of benzene rings is 1. The van der Waals surface area contributed by atoms with Crippen molar-refractivity contribution in [2.75, 3.05) is 18.4 Å². The molecule has 0 aliphatic carbocycles. The standard InChI is InChI=1S/C14H20N4O3/c1-14(2)9-17(8-7-12(14)15)13(19)16-10-3-5-11(6-4-10)18(20)21/h3-6,12H,7-9,15H2,1-2H3,(H,16,19). The summed E-state index contributed by atoms with van der Waals surface area (Å²) in [7, 11) is 0. The predicted octanol–water partition coefficient (Wildman–Crippen LogP) is 2.19. The van der Waals surface area contributed by atoms with Gasteiger partial charge in [0.25, 0.3) is 5.69 Å². The normalized spacial score (nSPS) is 20.9. The highest BCUT2D eigenvalue weighted by Gasteiger charge is 2.35. The fourth-order valence-corrected chi connectivity index (χ4v) is 2.42. The average Bonchev–Trinajstić information content (AvgIpc) is 2.42. The second kappa shape index (κ2) is 5.69. The van der Waals surface area contributed by atoms with Crippen molar-refractivity contribution in [1.29, 1.82) is 0 Å². The number of nitro groups is 1. The van der Waals surface area contributed by atoms with Crippen LogP contribution in [0.25, 0.3) is 0 Å². The highest BCUT2D eigenvalue weighted by Crippen LogP contribution is 2.28. The van der Waals surface area contributed by atoms with Gasteiger partial charge in [-0.25, -0.2) is 4.79 Å². The summed E-state index contributed by atoms with van der Waals surface area (Å²) in [5.74, 6) is 0. The lowest BCUT2D eigenvalue weighted by Gasteiger charge is -2.42. The van der Waals surface area contributed by atoms with Gasteiger partial charge in [-0.15, -0.1) is 0 Å². The number of rotatable bonds is 2. The lowest BCUT2D eigenvalue weighted by atomic mass is 9.80. The number of non-ortho nitro benzene ring substituents is 1. The summed E-state index contributed by atoms with van der Waals surface area (Å²) in [6.07, 6.45) is 0.765. The summed E-state index contributed by atoms with van der Waals surface area (Å²) >= 11 is 0. The van der Waals surface area contributed by atoms with Crippen LogP contribution >= 0.6 is 0 Å². The van der Waals surface area contributed by atoms with E-state index in [1.54, 1.807) is 4.90 Å². The van der Waals surface area contributed by atoms with E-state index in [1.807, 2.05) is 13.8 Å². The van der Waals surface area contributed by atoms with Gasteiger partial charge in [0.15, 0.2) is 0 Å². The number of nitrogens with one attached hydrogen (secondary N) is 1. The number of hydrogen-bond donors (Lipinski definition) is 2. The number of nitrogens with zero attached hydrogens (tertiary/aromatic N) is 2. The third kappa shape index (κ3) is 3.49. The Balaban J connectivity index is 2.00. The minimum absolute atomic E-state index is 0.00178. The first kappa shape index (κ1) is 15.2. The van der Waals surface area contributed by atoms with E-state index in [0.29, 0.717) is 18.8 Å². The van der Waals surface area contributed by atoms with E-state index >= 15 is 0 Å². The van der Waals surface area contributed by atoms with Gasteiger partial charge in [0.05, 0.1) is 4.92 Å². The van der Waals surface area contributed by atoms with Gasteiger partial charge in [-0.1, -0.05) is 13.8 Å². The number of likely N-dealkylation sites (tertiary alicyclic amines) is 1. The van der Waals surface area contributed by atoms with Crippen LogP contribution in [0.3, 0.4) is 0 Å². The molecule has 1 aromatic rings. The van der Waals surface area contributed by atoms with Crippen molar-refractivity contribution in [3.63, 3.8) is 0 Å². The molecule has 114 valence electrons. The molecule has 2 rings (SSSR count). The Morgan fingerprint density at radius 2 is 2.05 bits per heavy atom. The van der Waals surface area contributed by atoms with Gasteiger partial charge in [0, 0.05) is 37.0 Å². The lowest BCUT2D eigenvalue weighted by molar-refractivity contribution is -0.384. The van der Waals surface area contributed by atoms with Crippen molar-refractivity contribution < 1.29 is 9.72 Å². The van der Waals surface area contributed by atoms with Gasteiger partial charge in [0.1, 0.15) is 0 Å². The SMILES string of the molecule is CC1(C)CN(C(=O)Nc2ccc([N+](=O)[O-])cc2)CCC1N. The number of amides is 2. The van der Waals surface area contributed by atoms with Gasteiger partial charge in [0.2, 0.25) is 0 Å². The maximum Gasteiger partial charge on any atom is 0.321 e. The molecule has 1 unspecified atom stereocenters. The van der Waals surface area contributed by atoms with Gasteiger partial charge >= 0.3 is 6.03 Å². The number of carbonyl (C=O) groups excluding carboxylic acids is 1. The number of nitro benzene ring substituents is 1. The van der Waals surface area contributed by atoms with Crippen LogP contribution in [0, 0.1) is 15.5 Å². The van der Waals surface area contributed by atoms with Crippen LogP contribution in [0.15, 0.2) is 24.3 Å². The molecule has 1 aliphatic heterocycles. The molecule has 1 aromatic carbocycles. The zero-order valence-electron chi connectivity index (χ0n) is 12.2. The van der Waals surface area contributed by atoms with Crippen LogP contribution in [0.5, 0.6) is 0 Å². The van der Waals surface area contributed by atoms with Crippen LogP contribution in [-0.4, -0.2) is 35.0 Å². The fraction of sp³-hybridized carbons (Fsp3) is 0.500. The average molecular weight is 292 g/mol. The van der Waals surface area contributed by atoms with Crippen LogP contribution in [-0.2, 0) is 0 Å². The third-order valence-corrected chi connectivity index (χ3v) is 3.93. The van der Waals surface area contributed by atoms with Crippen molar-refractivity contribution in [3.8, 4) is 0 Å². The molecule has 1 saturated heterocycles. The lowest BCUT2D eigenvalue weighted by Crippen LogP contribution is -2.54. The molecule has 3 N–H and O–H groups in total. The largest absolute Gasteiger partial charge is 0.327 e. The maximum atomic E-state index is 12.2. The van der Waals surface area contributed by atoms with E-state index in [2.05, 4.69) is 5.32 Å². The number of hydrogen-bond acceptors (Lipinski definition) is 4. The summed E-state index contributed by atoms with van der Waals surface area (Å²) in [4.78, 5) is 24.1. The monoisotopic (exact) mass is 292 g/mol. The molecule has 0 bridgehead atoms. The second-order valence-electron chi connectivity index (χ2n) is 6.04. The Kier molecular flexibility index (Phi) is 4.13. The summed E-state index contributed by atoms with van der Waals surface area (Å²) in [6, 6.07) is 5.66. The fourth-order valence-electron chi connectivity index (χ4n) is 2.42. The van der Waals surface area contributed by atoms with Crippen molar-refractivity contribution in [1.82, 2.24) is 4.90 Å². The zero-order chi connectivity index (χ0) is 15.6. The first-order valence-electron chi connectivity index (χ1n) is 6.85. The molecule has 0 saturated carbocycles. The summed E-state index contributed by atoms with van der Waals surface area (Å²) < 4.78 is 0. The van der Waals surface area contributed by atoms with E-state index in [0.717, 1.165) is 6.42 Å². The molecule has 0 aromatic heterocycles. The number of anilines is 1. The van der Waals surface area contributed by atoms with Crippen molar-refractivity contribution >= 4 is 17.4 Å². The van der Waals surface area contributed by atoms with E-state index in [4.69, 9.17) is 5.73 Å². The Labute approximate surface area is 123 Å². The highest BCUT2D eigenvalue weighted by molar-refractivity contribution is 5.89. The Hall–Kier alpha value is -2.15. The minimum atomic E-state index is -0.472. The third-order valence-electron chi connectivity index (χ3n) is 3.93. The van der Waals surface area contributed by atoms with E-state index in [1.165, 1.54) is 24.3 Å². The molecule has 7 nitrogen and oxygen atoms in total. The first-order valence-corrected chi connectivity index (χ1v) is 6.85.